The quantitative estimate of drug-likeness (QED) is 0.651. The Hall–Kier alpha value is -1.64. The molecule has 1 amide bonds. The Balaban J connectivity index is 1.81. The summed E-state index contributed by atoms with van der Waals surface area (Å²) in [5.74, 6) is -0.222. The SMILES string of the molecule is N#Cc1c(NC(=O)C2C=CC(N)C2)sc2c1CCCCC2. The molecule has 0 fully saturated rings. The normalized spacial score (nSPS) is 24.2. The van der Waals surface area contributed by atoms with Crippen LogP contribution in [0.1, 0.15) is 41.7 Å². The average Bonchev–Trinajstić information content (AvgIpc) is 2.96. The van der Waals surface area contributed by atoms with Gasteiger partial charge in [-0.2, -0.15) is 5.26 Å². The van der Waals surface area contributed by atoms with Crippen LogP contribution in [0.3, 0.4) is 0 Å². The number of anilines is 1. The number of carbonyl (C=O) groups excluding carboxylic acids is 1. The van der Waals surface area contributed by atoms with E-state index in [1.807, 2.05) is 12.2 Å². The summed E-state index contributed by atoms with van der Waals surface area (Å²) in [6.07, 6.45) is 9.90. The predicted molar refractivity (Wildman–Crippen MR) is 84.1 cm³/mol. The van der Waals surface area contributed by atoms with Gasteiger partial charge in [0.25, 0.3) is 0 Å². The first-order chi connectivity index (χ1) is 10.2. The lowest BCUT2D eigenvalue weighted by molar-refractivity contribution is -0.118. The molecule has 0 bridgehead atoms. The second-order valence-electron chi connectivity index (χ2n) is 5.76. The molecule has 0 radical (unpaired) electrons. The second-order valence-corrected chi connectivity index (χ2v) is 6.87. The van der Waals surface area contributed by atoms with Crippen LogP contribution in [0.5, 0.6) is 0 Å². The lowest BCUT2D eigenvalue weighted by atomic mass is 10.1. The molecule has 0 aliphatic heterocycles. The molecule has 21 heavy (non-hydrogen) atoms. The summed E-state index contributed by atoms with van der Waals surface area (Å²) in [4.78, 5) is 13.6. The standard InChI is InChI=1S/C16H19N3OS/c17-9-13-12-4-2-1-3-5-14(12)21-16(13)19-15(20)10-6-7-11(18)8-10/h6-7,10-11H,1-5,8,18H2,(H,19,20). The molecule has 1 aromatic rings. The Morgan fingerprint density at radius 1 is 1.33 bits per heavy atom. The molecule has 1 aromatic heterocycles. The molecule has 0 aromatic carbocycles. The van der Waals surface area contributed by atoms with Crippen LogP contribution >= 0.6 is 11.3 Å². The minimum absolute atomic E-state index is 0.0313. The average molecular weight is 301 g/mol. The third-order valence-electron chi connectivity index (χ3n) is 4.22. The van der Waals surface area contributed by atoms with Crippen LogP contribution in [0.15, 0.2) is 12.2 Å². The molecule has 4 nitrogen and oxygen atoms in total. The number of nitrogens with zero attached hydrogens (tertiary/aromatic N) is 1. The number of rotatable bonds is 2. The van der Waals surface area contributed by atoms with E-state index >= 15 is 0 Å². The minimum Gasteiger partial charge on any atom is -0.324 e. The van der Waals surface area contributed by atoms with Gasteiger partial charge in [-0.25, -0.2) is 0 Å². The van der Waals surface area contributed by atoms with Gasteiger partial charge >= 0.3 is 0 Å². The van der Waals surface area contributed by atoms with Gasteiger partial charge in [-0.15, -0.1) is 11.3 Å². The number of nitriles is 1. The molecular formula is C16H19N3OS. The van der Waals surface area contributed by atoms with E-state index in [0.717, 1.165) is 29.8 Å². The molecule has 2 unspecified atom stereocenters. The highest BCUT2D eigenvalue weighted by molar-refractivity contribution is 7.16. The minimum atomic E-state index is -0.173. The molecule has 0 saturated carbocycles. The van der Waals surface area contributed by atoms with E-state index in [0.29, 0.717) is 12.0 Å². The molecule has 2 aliphatic rings. The molecule has 2 aliphatic carbocycles. The van der Waals surface area contributed by atoms with Crippen molar-refractivity contribution < 1.29 is 4.79 Å². The van der Waals surface area contributed by atoms with Crippen molar-refractivity contribution in [2.24, 2.45) is 11.7 Å². The maximum absolute atomic E-state index is 12.3. The number of hydrogen-bond donors (Lipinski definition) is 2. The van der Waals surface area contributed by atoms with Gasteiger partial charge in [0.1, 0.15) is 11.1 Å². The van der Waals surface area contributed by atoms with Crippen molar-refractivity contribution in [3.8, 4) is 6.07 Å². The molecule has 0 spiro atoms. The van der Waals surface area contributed by atoms with E-state index in [9.17, 15) is 10.1 Å². The predicted octanol–water partition coefficient (Wildman–Crippen LogP) is 2.73. The van der Waals surface area contributed by atoms with Crippen LogP contribution < -0.4 is 11.1 Å². The van der Waals surface area contributed by atoms with Crippen molar-refractivity contribution in [2.45, 2.75) is 44.6 Å². The maximum atomic E-state index is 12.3. The van der Waals surface area contributed by atoms with Crippen LogP contribution in [0, 0.1) is 17.2 Å². The molecule has 110 valence electrons. The van der Waals surface area contributed by atoms with Crippen LogP contribution in [0.2, 0.25) is 0 Å². The third kappa shape index (κ3) is 2.87. The van der Waals surface area contributed by atoms with Gasteiger partial charge in [0, 0.05) is 10.9 Å². The van der Waals surface area contributed by atoms with E-state index < -0.39 is 0 Å². The number of thiophene rings is 1. The van der Waals surface area contributed by atoms with Gasteiger partial charge in [0.2, 0.25) is 5.91 Å². The number of hydrogen-bond acceptors (Lipinski definition) is 4. The first-order valence-electron chi connectivity index (χ1n) is 7.48. The molecule has 0 saturated heterocycles. The van der Waals surface area contributed by atoms with Gasteiger partial charge < -0.3 is 11.1 Å². The summed E-state index contributed by atoms with van der Waals surface area (Å²) in [6, 6.07) is 2.26. The van der Waals surface area contributed by atoms with Crippen LogP contribution in [-0.4, -0.2) is 11.9 Å². The summed E-state index contributed by atoms with van der Waals surface area (Å²) < 4.78 is 0. The number of fused-ring (bicyclic) bond motifs is 1. The lowest BCUT2D eigenvalue weighted by Crippen LogP contribution is -2.23. The topological polar surface area (TPSA) is 78.9 Å². The summed E-state index contributed by atoms with van der Waals surface area (Å²) in [5, 5.41) is 13.1. The number of nitrogens with one attached hydrogen (secondary N) is 1. The molecule has 2 atom stereocenters. The first kappa shape index (κ1) is 14.3. The Labute approximate surface area is 128 Å². The van der Waals surface area contributed by atoms with Crippen molar-refractivity contribution >= 4 is 22.2 Å². The van der Waals surface area contributed by atoms with E-state index in [2.05, 4.69) is 11.4 Å². The van der Waals surface area contributed by atoms with E-state index in [1.54, 1.807) is 11.3 Å². The summed E-state index contributed by atoms with van der Waals surface area (Å²) in [6.45, 7) is 0. The number of amides is 1. The summed E-state index contributed by atoms with van der Waals surface area (Å²) >= 11 is 1.58. The van der Waals surface area contributed by atoms with Crippen LogP contribution in [0.25, 0.3) is 0 Å². The number of nitrogens with two attached hydrogens (primary N) is 1. The van der Waals surface area contributed by atoms with Crippen molar-refractivity contribution in [1.82, 2.24) is 0 Å². The van der Waals surface area contributed by atoms with Crippen molar-refractivity contribution in [2.75, 3.05) is 5.32 Å². The van der Waals surface area contributed by atoms with E-state index in [4.69, 9.17) is 5.73 Å². The zero-order valence-electron chi connectivity index (χ0n) is 11.9. The largest absolute Gasteiger partial charge is 0.324 e. The molecule has 1 heterocycles. The van der Waals surface area contributed by atoms with E-state index in [1.165, 1.54) is 17.7 Å². The first-order valence-corrected chi connectivity index (χ1v) is 8.30. The summed E-state index contributed by atoms with van der Waals surface area (Å²) in [5.41, 5.74) is 7.63. The van der Waals surface area contributed by atoms with Gasteiger partial charge in [-0.05, 0) is 37.7 Å². The van der Waals surface area contributed by atoms with Gasteiger partial charge in [-0.3, -0.25) is 4.79 Å². The fraction of sp³-hybridized carbons (Fsp3) is 0.500. The van der Waals surface area contributed by atoms with Crippen molar-refractivity contribution in [1.29, 1.82) is 5.26 Å². The third-order valence-corrected chi connectivity index (χ3v) is 5.43. The Bertz CT molecular complexity index is 626. The Morgan fingerprint density at radius 2 is 2.14 bits per heavy atom. The van der Waals surface area contributed by atoms with Gasteiger partial charge in [0.05, 0.1) is 11.5 Å². The van der Waals surface area contributed by atoms with Crippen molar-refractivity contribution in [3.05, 3.63) is 28.2 Å². The smallest absolute Gasteiger partial charge is 0.232 e. The summed E-state index contributed by atoms with van der Waals surface area (Å²) in [7, 11) is 0. The highest BCUT2D eigenvalue weighted by atomic mass is 32.1. The number of carbonyl (C=O) groups is 1. The fourth-order valence-electron chi connectivity index (χ4n) is 3.08. The Morgan fingerprint density at radius 3 is 2.86 bits per heavy atom. The highest BCUT2D eigenvalue weighted by Crippen LogP contribution is 2.37. The maximum Gasteiger partial charge on any atom is 0.232 e. The van der Waals surface area contributed by atoms with Crippen molar-refractivity contribution in [3.63, 3.8) is 0 Å². The lowest BCUT2D eigenvalue weighted by Gasteiger charge is -2.09. The fourth-order valence-corrected chi connectivity index (χ4v) is 4.32. The Kier molecular flexibility index (Phi) is 4.09. The molecule has 5 heteroatoms. The molecule has 3 N–H and O–H groups in total. The van der Waals surface area contributed by atoms with E-state index in [-0.39, 0.29) is 17.9 Å². The van der Waals surface area contributed by atoms with Gasteiger partial charge in [0.15, 0.2) is 0 Å². The zero-order valence-corrected chi connectivity index (χ0v) is 12.7. The zero-order chi connectivity index (χ0) is 14.8. The highest BCUT2D eigenvalue weighted by Gasteiger charge is 2.26. The van der Waals surface area contributed by atoms with Crippen LogP contribution in [-0.2, 0) is 17.6 Å². The monoisotopic (exact) mass is 301 g/mol. The van der Waals surface area contributed by atoms with Gasteiger partial charge in [-0.1, -0.05) is 18.6 Å². The second kappa shape index (κ2) is 6.00. The molecular weight excluding hydrogens is 282 g/mol. The van der Waals surface area contributed by atoms with Crippen LogP contribution in [0.4, 0.5) is 5.00 Å². The number of aryl methyl sites for hydroxylation is 1. The molecule has 3 rings (SSSR count).